The molecule has 5 rings (SSSR count). The highest BCUT2D eigenvalue weighted by atomic mass is 79.9. The van der Waals surface area contributed by atoms with Crippen LogP contribution in [-0.4, -0.2) is 42.4 Å². The molecule has 0 saturated carbocycles. The average Bonchev–Trinajstić information content (AvgIpc) is 3.47. The van der Waals surface area contributed by atoms with Crippen molar-refractivity contribution in [2.24, 2.45) is 0 Å². The molecule has 0 unspecified atom stereocenters. The molecule has 1 fully saturated rings. The SMILES string of the molecule is COc1cc(/C=C2/SC(=O)N(CC(=O)Nc3ccc4c(c3)OCO4)C2=O)cc(Br)c1OCc1cccc(F)c1. The number of thioether (sulfide) groups is 1. The lowest BCUT2D eigenvalue weighted by molar-refractivity contribution is -0.127. The van der Waals surface area contributed by atoms with Gasteiger partial charge in [-0.1, -0.05) is 12.1 Å². The van der Waals surface area contributed by atoms with Crippen LogP contribution in [0.5, 0.6) is 23.0 Å². The van der Waals surface area contributed by atoms with Crippen molar-refractivity contribution in [3.63, 3.8) is 0 Å². The number of anilines is 1. The summed E-state index contributed by atoms with van der Waals surface area (Å²) in [5, 5.41) is 2.09. The number of fused-ring (bicyclic) bond motifs is 1. The second kappa shape index (κ2) is 11.4. The van der Waals surface area contributed by atoms with Crippen molar-refractivity contribution >= 4 is 56.5 Å². The number of carbonyl (C=O) groups is 3. The Morgan fingerprint density at radius 1 is 1.15 bits per heavy atom. The molecular formula is C27H20BrFN2O7S. The summed E-state index contributed by atoms with van der Waals surface area (Å²) in [6.45, 7) is -0.238. The molecule has 3 aromatic rings. The van der Waals surface area contributed by atoms with Gasteiger partial charge in [-0.3, -0.25) is 19.3 Å². The molecule has 2 heterocycles. The molecule has 2 aliphatic rings. The number of rotatable bonds is 8. The number of nitrogens with one attached hydrogen (secondary N) is 1. The third kappa shape index (κ3) is 6.02. The molecule has 3 aromatic carbocycles. The first-order valence-corrected chi connectivity index (χ1v) is 13.1. The van der Waals surface area contributed by atoms with Crippen molar-refractivity contribution in [3.8, 4) is 23.0 Å². The van der Waals surface area contributed by atoms with Gasteiger partial charge in [0.25, 0.3) is 11.1 Å². The number of nitrogens with zero attached hydrogens (tertiary/aromatic N) is 1. The van der Waals surface area contributed by atoms with Gasteiger partial charge in [0.2, 0.25) is 12.7 Å². The minimum absolute atomic E-state index is 0.100. The molecule has 12 heteroatoms. The number of amides is 3. The van der Waals surface area contributed by atoms with E-state index in [-0.39, 0.29) is 24.1 Å². The van der Waals surface area contributed by atoms with Gasteiger partial charge >= 0.3 is 0 Å². The molecule has 0 spiro atoms. The number of hydrogen-bond acceptors (Lipinski definition) is 8. The third-order valence-corrected chi connectivity index (χ3v) is 7.15. The molecule has 3 amide bonds. The first-order chi connectivity index (χ1) is 18.8. The smallest absolute Gasteiger partial charge is 0.294 e. The number of benzene rings is 3. The fourth-order valence-corrected chi connectivity index (χ4v) is 5.26. The van der Waals surface area contributed by atoms with E-state index >= 15 is 0 Å². The van der Waals surface area contributed by atoms with E-state index in [2.05, 4.69) is 21.2 Å². The summed E-state index contributed by atoms with van der Waals surface area (Å²) >= 11 is 4.18. The fraction of sp³-hybridized carbons (Fsp3) is 0.148. The van der Waals surface area contributed by atoms with Crippen LogP contribution < -0.4 is 24.3 Å². The number of carbonyl (C=O) groups excluding carboxylic acids is 3. The number of halogens is 2. The van der Waals surface area contributed by atoms with Crippen molar-refractivity contribution in [3.05, 3.63) is 80.9 Å². The van der Waals surface area contributed by atoms with Gasteiger partial charge in [-0.25, -0.2) is 4.39 Å². The van der Waals surface area contributed by atoms with Crippen LogP contribution in [0.3, 0.4) is 0 Å². The lowest BCUT2D eigenvalue weighted by Crippen LogP contribution is -2.36. The number of ether oxygens (including phenoxy) is 4. The summed E-state index contributed by atoms with van der Waals surface area (Å²) in [6.07, 6.45) is 1.53. The van der Waals surface area contributed by atoms with Gasteiger partial charge in [-0.05, 0) is 81.3 Å². The molecule has 0 aliphatic carbocycles. The van der Waals surface area contributed by atoms with E-state index in [9.17, 15) is 18.8 Å². The van der Waals surface area contributed by atoms with E-state index in [1.807, 2.05) is 0 Å². The van der Waals surface area contributed by atoms with Gasteiger partial charge in [0, 0.05) is 11.8 Å². The van der Waals surface area contributed by atoms with E-state index in [0.29, 0.717) is 44.3 Å². The quantitative estimate of drug-likeness (QED) is 0.328. The first kappa shape index (κ1) is 26.6. The lowest BCUT2D eigenvalue weighted by Gasteiger charge is -2.14. The Hall–Kier alpha value is -4.03. The number of hydrogen-bond donors (Lipinski definition) is 1. The topological polar surface area (TPSA) is 103 Å². The maximum absolute atomic E-state index is 13.5. The van der Waals surface area contributed by atoms with Crippen molar-refractivity contribution in [1.82, 2.24) is 4.90 Å². The minimum Gasteiger partial charge on any atom is -0.493 e. The van der Waals surface area contributed by atoms with E-state index < -0.39 is 23.6 Å². The first-order valence-electron chi connectivity index (χ1n) is 11.5. The predicted molar refractivity (Wildman–Crippen MR) is 145 cm³/mol. The van der Waals surface area contributed by atoms with Crippen LogP contribution >= 0.6 is 27.7 Å². The van der Waals surface area contributed by atoms with Crippen LogP contribution in [0.2, 0.25) is 0 Å². The Morgan fingerprint density at radius 3 is 2.77 bits per heavy atom. The molecule has 200 valence electrons. The Bertz CT molecular complexity index is 1510. The Labute approximate surface area is 235 Å². The molecule has 0 bridgehead atoms. The van der Waals surface area contributed by atoms with Gasteiger partial charge in [0.1, 0.15) is 19.0 Å². The van der Waals surface area contributed by atoms with Gasteiger partial charge in [-0.2, -0.15) is 0 Å². The van der Waals surface area contributed by atoms with Gasteiger partial charge in [0.15, 0.2) is 23.0 Å². The van der Waals surface area contributed by atoms with Crippen LogP contribution in [-0.2, 0) is 16.2 Å². The third-order valence-electron chi connectivity index (χ3n) is 5.65. The number of methoxy groups -OCH3 is 1. The molecular weight excluding hydrogens is 595 g/mol. The molecule has 0 radical (unpaired) electrons. The highest BCUT2D eigenvalue weighted by molar-refractivity contribution is 9.10. The molecule has 1 saturated heterocycles. The van der Waals surface area contributed by atoms with Gasteiger partial charge in [0.05, 0.1) is 16.5 Å². The zero-order chi connectivity index (χ0) is 27.5. The maximum Gasteiger partial charge on any atom is 0.294 e. The molecule has 39 heavy (non-hydrogen) atoms. The Balaban J connectivity index is 1.27. The highest BCUT2D eigenvalue weighted by Gasteiger charge is 2.36. The van der Waals surface area contributed by atoms with Crippen LogP contribution in [0.1, 0.15) is 11.1 Å². The van der Waals surface area contributed by atoms with E-state index in [0.717, 1.165) is 16.7 Å². The molecule has 9 nitrogen and oxygen atoms in total. The second-order valence-electron chi connectivity index (χ2n) is 8.34. The van der Waals surface area contributed by atoms with E-state index in [1.54, 1.807) is 42.5 Å². The zero-order valence-corrected chi connectivity index (χ0v) is 22.8. The summed E-state index contributed by atoms with van der Waals surface area (Å²) in [4.78, 5) is 39.1. The van der Waals surface area contributed by atoms with Gasteiger partial charge < -0.3 is 24.3 Å². The summed E-state index contributed by atoms with van der Waals surface area (Å²) < 4.78 is 35.8. The van der Waals surface area contributed by atoms with Crippen LogP contribution in [0.15, 0.2) is 64.0 Å². The van der Waals surface area contributed by atoms with Crippen molar-refractivity contribution in [2.45, 2.75) is 6.61 Å². The maximum atomic E-state index is 13.5. The second-order valence-corrected chi connectivity index (χ2v) is 10.2. The number of imide groups is 1. The van der Waals surface area contributed by atoms with Crippen molar-refractivity contribution in [2.75, 3.05) is 25.8 Å². The van der Waals surface area contributed by atoms with Crippen LogP contribution in [0.4, 0.5) is 14.9 Å². The minimum atomic E-state index is -0.590. The van der Waals surface area contributed by atoms with E-state index in [4.69, 9.17) is 18.9 Å². The van der Waals surface area contributed by atoms with Gasteiger partial charge in [-0.15, -0.1) is 0 Å². The van der Waals surface area contributed by atoms with Crippen LogP contribution in [0.25, 0.3) is 6.08 Å². The predicted octanol–water partition coefficient (Wildman–Crippen LogP) is 5.58. The standard InChI is InChI=1S/C27H20BrFN2O7S/c1-35-22-9-16(8-19(28)25(22)36-13-15-3-2-4-17(29)7-15)10-23-26(33)31(27(34)39-23)12-24(32)30-18-5-6-20-21(11-18)38-14-37-20/h2-11H,12-14H2,1H3,(H,30,32)/b23-10+. The van der Waals surface area contributed by atoms with Crippen molar-refractivity contribution in [1.29, 1.82) is 0 Å². The average molecular weight is 615 g/mol. The zero-order valence-electron chi connectivity index (χ0n) is 20.4. The van der Waals surface area contributed by atoms with Crippen LogP contribution in [0, 0.1) is 5.82 Å². The molecule has 2 aliphatic heterocycles. The Kier molecular flexibility index (Phi) is 7.75. The summed E-state index contributed by atoms with van der Waals surface area (Å²) in [5.41, 5.74) is 1.65. The Morgan fingerprint density at radius 2 is 1.97 bits per heavy atom. The summed E-state index contributed by atoms with van der Waals surface area (Å²) in [6, 6.07) is 14.3. The summed E-state index contributed by atoms with van der Waals surface area (Å²) in [7, 11) is 1.47. The van der Waals surface area contributed by atoms with E-state index in [1.165, 1.54) is 25.3 Å². The fourth-order valence-electron chi connectivity index (χ4n) is 3.85. The monoisotopic (exact) mass is 614 g/mol. The molecule has 1 N–H and O–H groups in total. The largest absolute Gasteiger partial charge is 0.493 e. The highest BCUT2D eigenvalue weighted by Crippen LogP contribution is 2.40. The molecule has 0 atom stereocenters. The molecule has 0 aromatic heterocycles. The van der Waals surface area contributed by atoms with Crippen molar-refractivity contribution < 1.29 is 37.7 Å². The normalized spacial score (nSPS) is 15.2. The summed E-state index contributed by atoms with van der Waals surface area (Å²) in [5.74, 6) is 0.333. The lowest BCUT2D eigenvalue weighted by atomic mass is 10.1.